The molecule has 3 rings (SSSR count). The third-order valence-electron chi connectivity index (χ3n) is 4.75. The predicted octanol–water partition coefficient (Wildman–Crippen LogP) is 2.40. The molecule has 0 aromatic heterocycles. The summed E-state index contributed by atoms with van der Waals surface area (Å²) in [4.78, 5) is 7.18. The van der Waals surface area contributed by atoms with Crippen LogP contribution in [0.2, 0.25) is 0 Å². The van der Waals surface area contributed by atoms with Crippen LogP contribution < -0.4 is 10.6 Å². The first-order chi connectivity index (χ1) is 11.8. The van der Waals surface area contributed by atoms with E-state index in [-0.39, 0.29) is 24.0 Å². The van der Waals surface area contributed by atoms with Crippen molar-refractivity contribution >= 4 is 29.9 Å². The highest BCUT2D eigenvalue weighted by atomic mass is 127. The van der Waals surface area contributed by atoms with E-state index in [4.69, 9.17) is 4.74 Å². The quantitative estimate of drug-likeness (QED) is 0.391. The monoisotopic (exact) mass is 458 g/mol. The number of halogens is 1. The smallest absolute Gasteiger partial charge is 0.191 e. The van der Waals surface area contributed by atoms with Crippen molar-refractivity contribution in [2.75, 3.05) is 39.3 Å². The van der Waals surface area contributed by atoms with E-state index in [1.165, 1.54) is 17.5 Å². The maximum Gasteiger partial charge on any atom is 0.191 e. The molecule has 1 aromatic carbocycles. The highest BCUT2D eigenvalue weighted by Gasteiger charge is 2.16. The van der Waals surface area contributed by atoms with Gasteiger partial charge in [0.05, 0.1) is 12.6 Å². The van der Waals surface area contributed by atoms with Crippen LogP contribution in [0.15, 0.2) is 29.3 Å². The van der Waals surface area contributed by atoms with Crippen LogP contribution >= 0.6 is 24.0 Å². The number of nitrogens with zero attached hydrogens (tertiary/aromatic N) is 2. The number of benzene rings is 1. The van der Waals surface area contributed by atoms with Gasteiger partial charge in [-0.05, 0) is 37.3 Å². The van der Waals surface area contributed by atoms with Crippen molar-refractivity contribution in [3.05, 3.63) is 35.4 Å². The van der Waals surface area contributed by atoms with E-state index in [0.717, 1.165) is 64.7 Å². The number of nitrogens with one attached hydrogen (secondary N) is 2. The van der Waals surface area contributed by atoms with Crippen LogP contribution in [0.4, 0.5) is 0 Å². The summed E-state index contributed by atoms with van der Waals surface area (Å²) in [6, 6.07) is 8.79. The number of hydrogen-bond acceptors (Lipinski definition) is 3. The molecule has 0 saturated carbocycles. The minimum absolute atomic E-state index is 0. The summed E-state index contributed by atoms with van der Waals surface area (Å²) in [7, 11) is 0. The highest BCUT2D eigenvalue weighted by molar-refractivity contribution is 14.0. The van der Waals surface area contributed by atoms with Gasteiger partial charge in [-0.1, -0.05) is 24.3 Å². The fourth-order valence-corrected chi connectivity index (χ4v) is 3.40. The molecular weight excluding hydrogens is 427 g/mol. The molecule has 1 atom stereocenters. The molecule has 2 heterocycles. The summed E-state index contributed by atoms with van der Waals surface area (Å²) in [5, 5.41) is 6.78. The zero-order chi connectivity index (χ0) is 16.6. The molecule has 2 N–H and O–H groups in total. The van der Waals surface area contributed by atoms with Gasteiger partial charge >= 0.3 is 0 Å². The maximum absolute atomic E-state index is 5.64. The average molecular weight is 458 g/mol. The van der Waals surface area contributed by atoms with E-state index < -0.39 is 0 Å². The molecule has 5 nitrogen and oxygen atoms in total. The SMILES string of the molecule is CCNC(=NCC1CCCO1)NCCN1CCc2ccccc2C1.I. The fourth-order valence-electron chi connectivity index (χ4n) is 3.40. The zero-order valence-electron chi connectivity index (χ0n) is 15.2. The van der Waals surface area contributed by atoms with Crippen LogP contribution in [0.1, 0.15) is 30.9 Å². The second-order valence-electron chi connectivity index (χ2n) is 6.58. The Morgan fingerprint density at radius 1 is 1.28 bits per heavy atom. The fraction of sp³-hybridized carbons (Fsp3) is 0.632. The minimum atomic E-state index is 0. The van der Waals surface area contributed by atoms with Gasteiger partial charge in [0.15, 0.2) is 5.96 Å². The van der Waals surface area contributed by atoms with Gasteiger partial charge in [0.2, 0.25) is 0 Å². The molecule has 0 spiro atoms. The van der Waals surface area contributed by atoms with Crippen LogP contribution in [-0.2, 0) is 17.7 Å². The Hall–Kier alpha value is -0.860. The molecule has 0 radical (unpaired) electrons. The van der Waals surface area contributed by atoms with Gasteiger partial charge in [-0.2, -0.15) is 0 Å². The second kappa shape index (κ2) is 11.0. The summed E-state index contributed by atoms with van der Waals surface area (Å²) < 4.78 is 5.64. The van der Waals surface area contributed by atoms with Crippen molar-refractivity contribution in [2.24, 2.45) is 4.99 Å². The molecule has 25 heavy (non-hydrogen) atoms. The Balaban J connectivity index is 0.00000225. The molecule has 6 heteroatoms. The number of guanidine groups is 1. The van der Waals surface area contributed by atoms with Crippen molar-refractivity contribution in [2.45, 2.75) is 38.8 Å². The molecule has 0 bridgehead atoms. The van der Waals surface area contributed by atoms with Crippen molar-refractivity contribution < 1.29 is 4.74 Å². The van der Waals surface area contributed by atoms with E-state index in [2.05, 4.69) is 51.7 Å². The third kappa shape index (κ3) is 6.42. The molecule has 1 fully saturated rings. The predicted molar refractivity (Wildman–Crippen MR) is 114 cm³/mol. The van der Waals surface area contributed by atoms with Crippen LogP contribution in [-0.4, -0.2) is 56.3 Å². The standard InChI is InChI=1S/C19H30N4O.HI/c1-2-20-19(22-14-18-8-5-13-24-18)21-10-12-23-11-9-16-6-3-4-7-17(16)15-23;/h3-4,6-7,18H,2,5,8-15H2,1H3,(H2,20,21,22);1H. The van der Waals surface area contributed by atoms with Gasteiger partial charge in [0, 0.05) is 39.3 Å². The van der Waals surface area contributed by atoms with E-state index in [1.807, 2.05) is 0 Å². The van der Waals surface area contributed by atoms with Gasteiger partial charge in [0.1, 0.15) is 0 Å². The molecule has 0 amide bonds. The largest absolute Gasteiger partial charge is 0.376 e. The Labute approximate surface area is 168 Å². The number of rotatable bonds is 6. The van der Waals surface area contributed by atoms with Gasteiger partial charge in [-0.25, -0.2) is 0 Å². The number of aliphatic imine (C=N–C) groups is 1. The summed E-state index contributed by atoms with van der Waals surface area (Å²) in [6.45, 7) is 8.79. The number of hydrogen-bond donors (Lipinski definition) is 2. The first kappa shape index (κ1) is 20.5. The lowest BCUT2D eigenvalue weighted by Crippen LogP contribution is -2.43. The lowest BCUT2D eigenvalue weighted by Gasteiger charge is -2.28. The van der Waals surface area contributed by atoms with Gasteiger partial charge in [-0.15, -0.1) is 24.0 Å². The normalized spacial score (nSPS) is 20.7. The average Bonchev–Trinajstić information content (AvgIpc) is 3.13. The van der Waals surface area contributed by atoms with Crippen LogP contribution in [0.25, 0.3) is 0 Å². The molecule has 1 aromatic rings. The zero-order valence-corrected chi connectivity index (χ0v) is 17.5. The second-order valence-corrected chi connectivity index (χ2v) is 6.58. The van der Waals surface area contributed by atoms with Crippen LogP contribution in [0.5, 0.6) is 0 Å². The number of ether oxygens (including phenoxy) is 1. The van der Waals surface area contributed by atoms with Crippen molar-refractivity contribution in [3.8, 4) is 0 Å². The molecule has 1 saturated heterocycles. The van der Waals surface area contributed by atoms with Gasteiger partial charge in [-0.3, -0.25) is 9.89 Å². The molecule has 2 aliphatic rings. The highest BCUT2D eigenvalue weighted by Crippen LogP contribution is 2.17. The van der Waals surface area contributed by atoms with E-state index >= 15 is 0 Å². The van der Waals surface area contributed by atoms with E-state index in [1.54, 1.807) is 0 Å². The lowest BCUT2D eigenvalue weighted by atomic mass is 10.00. The van der Waals surface area contributed by atoms with Gasteiger partial charge < -0.3 is 15.4 Å². The summed E-state index contributed by atoms with van der Waals surface area (Å²) in [5.74, 6) is 0.908. The lowest BCUT2D eigenvalue weighted by molar-refractivity contribution is 0.117. The van der Waals surface area contributed by atoms with E-state index in [0.29, 0.717) is 6.10 Å². The summed E-state index contributed by atoms with van der Waals surface area (Å²) >= 11 is 0. The van der Waals surface area contributed by atoms with Crippen molar-refractivity contribution in [1.82, 2.24) is 15.5 Å². The number of fused-ring (bicyclic) bond motifs is 1. The van der Waals surface area contributed by atoms with Crippen LogP contribution in [0.3, 0.4) is 0 Å². The topological polar surface area (TPSA) is 48.9 Å². The molecular formula is C19H31IN4O. The Morgan fingerprint density at radius 3 is 2.88 bits per heavy atom. The van der Waals surface area contributed by atoms with Crippen molar-refractivity contribution in [1.29, 1.82) is 0 Å². The first-order valence-corrected chi connectivity index (χ1v) is 9.28. The molecule has 140 valence electrons. The first-order valence-electron chi connectivity index (χ1n) is 9.28. The Morgan fingerprint density at radius 2 is 2.12 bits per heavy atom. The van der Waals surface area contributed by atoms with Crippen LogP contribution in [0, 0.1) is 0 Å². The van der Waals surface area contributed by atoms with Gasteiger partial charge in [0.25, 0.3) is 0 Å². The third-order valence-corrected chi connectivity index (χ3v) is 4.75. The Bertz CT molecular complexity index is 546. The summed E-state index contributed by atoms with van der Waals surface area (Å²) in [6.07, 6.45) is 3.76. The maximum atomic E-state index is 5.64. The molecule has 1 unspecified atom stereocenters. The molecule has 0 aliphatic carbocycles. The van der Waals surface area contributed by atoms with E-state index in [9.17, 15) is 0 Å². The van der Waals surface area contributed by atoms with Crippen molar-refractivity contribution in [3.63, 3.8) is 0 Å². The molecule has 2 aliphatic heterocycles. The summed E-state index contributed by atoms with van der Waals surface area (Å²) in [5.41, 5.74) is 2.98. The Kier molecular flexibility index (Phi) is 8.98. The minimum Gasteiger partial charge on any atom is -0.376 e.